The second-order valence-corrected chi connectivity index (χ2v) is 6.11. The van der Waals surface area contributed by atoms with Crippen LogP contribution >= 0.6 is 0 Å². The van der Waals surface area contributed by atoms with Crippen molar-refractivity contribution in [3.63, 3.8) is 0 Å². The Kier molecular flexibility index (Phi) is 5.30. The van der Waals surface area contributed by atoms with Crippen molar-refractivity contribution in [1.29, 1.82) is 0 Å². The highest BCUT2D eigenvalue weighted by atomic mass is 15.2. The highest BCUT2D eigenvalue weighted by Crippen LogP contribution is 2.22. The van der Waals surface area contributed by atoms with Gasteiger partial charge >= 0.3 is 0 Å². The lowest BCUT2D eigenvalue weighted by Crippen LogP contribution is -2.36. The predicted octanol–water partition coefficient (Wildman–Crippen LogP) is 3.03. The summed E-state index contributed by atoms with van der Waals surface area (Å²) in [5.41, 5.74) is 0. The van der Waals surface area contributed by atoms with Crippen molar-refractivity contribution in [3.05, 3.63) is 0 Å². The molecule has 1 aliphatic carbocycles. The Bertz CT molecular complexity index is 213. The minimum Gasteiger partial charge on any atom is -0.314 e. The normalized spacial score (nSPS) is 28.9. The molecule has 2 heteroatoms. The molecule has 0 bridgehead atoms. The zero-order valence-electron chi connectivity index (χ0n) is 11.8. The van der Waals surface area contributed by atoms with Gasteiger partial charge in [-0.25, -0.2) is 0 Å². The minimum atomic E-state index is 0.775. The van der Waals surface area contributed by atoms with Crippen LogP contribution in [0, 0.1) is 5.92 Å². The van der Waals surface area contributed by atoms with Crippen LogP contribution < -0.4 is 5.32 Å². The third kappa shape index (κ3) is 4.59. The van der Waals surface area contributed by atoms with Crippen LogP contribution in [0.3, 0.4) is 0 Å². The molecule has 0 aromatic heterocycles. The first-order valence-corrected chi connectivity index (χ1v) is 7.77. The number of nitrogens with zero attached hydrogens (tertiary/aromatic N) is 1. The van der Waals surface area contributed by atoms with Gasteiger partial charge in [-0.3, -0.25) is 0 Å². The third-order valence-electron chi connectivity index (χ3n) is 4.66. The molecule has 2 unspecified atom stereocenters. The van der Waals surface area contributed by atoms with Crippen molar-refractivity contribution in [2.45, 2.75) is 70.9 Å². The van der Waals surface area contributed by atoms with Gasteiger partial charge in [-0.15, -0.1) is 0 Å². The van der Waals surface area contributed by atoms with Gasteiger partial charge < -0.3 is 10.2 Å². The molecule has 0 amide bonds. The maximum atomic E-state index is 3.64. The van der Waals surface area contributed by atoms with Crippen molar-refractivity contribution in [2.75, 3.05) is 19.6 Å². The molecule has 2 rings (SSSR count). The van der Waals surface area contributed by atoms with E-state index in [-0.39, 0.29) is 0 Å². The van der Waals surface area contributed by atoms with E-state index < -0.39 is 0 Å². The lowest BCUT2D eigenvalue weighted by Gasteiger charge is -2.27. The number of nitrogens with one attached hydrogen (secondary N) is 1. The highest BCUT2D eigenvalue weighted by Gasteiger charge is 2.22. The molecule has 1 N–H and O–H groups in total. The number of likely N-dealkylation sites (tertiary alicyclic amines) is 1. The van der Waals surface area contributed by atoms with Crippen LogP contribution in [0.25, 0.3) is 0 Å². The van der Waals surface area contributed by atoms with E-state index in [0.717, 1.165) is 18.0 Å². The first kappa shape index (κ1) is 13.4. The Morgan fingerprint density at radius 2 is 2.00 bits per heavy atom. The van der Waals surface area contributed by atoms with Gasteiger partial charge in [0.15, 0.2) is 0 Å². The van der Waals surface area contributed by atoms with Crippen LogP contribution in [-0.4, -0.2) is 36.6 Å². The van der Waals surface area contributed by atoms with Crippen LogP contribution in [-0.2, 0) is 0 Å². The maximum absolute atomic E-state index is 3.64. The first-order valence-electron chi connectivity index (χ1n) is 7.77. The summed E-state index contributed by atoms with van der Waals surface area (Å²) in [6, 6.07) is 1.65. The van der Waals surface area contributed by atoms with Gasteiger partial charge in [0.05, 0.1) is 0 Å². The zero-order chi connectivity index (χ0) is 12.1. The molecule has 0 spiro atoms. The van der Waals surface area contributed by atoms with E-state index in [9.17, 15) is 0 Å². The topological polar surface area (TPSA) is 15.3 Å². The Balaban J connectivity index is 1.64. The molecular weight excluding hydrogens is 208 g/mol. The van der Waals surface area contributed by atoms with Crippen molar-refractivity contribution < 1.29 is 0 Å². The largest absolute Gasteiger partial charge is 0.314 e. The molecule has 0 aromatic rings. The van der Waals surface area contributed by atoms with E-state index in [1.54, 1.807) is 0 Å². The minimum absolute atomic E-state index is 0.775. The summed E-state index contributed by atoms with van der Waals surface area (Å²) < 4.78 is 0. The van der Waals surface area contributed by atoms with Gasteiger partial charge in [0.1, 0.15) is 0 Å². The molecule has 1 heterocycles. The number of rotatable bonds is 6. The Morgan fingerprint density at radius 3 is 2.71 bits per heavy atom. The van der Waals surface area contributed by atoms with Gasteiger partial charge in [0, 0.05) is 12.1 Å². The molecule has 100 valence electrons. The Morgan fingerprint density at radius 1 is 1.18 bits per heavy atom. The molecule has 2 aliphatic rings. The van der Waals surface area contributed by atoms with Gasteiger partial charge in [-0.2, -0.15) is 0 Å². The molecule has 17 heavy (non-hydrogen) atoms. The quantitative estimate of drug-likeness (QED) is 0.765. The second-order valence-electron chi connectivity index (χ2n) is 6.11. The summed E-state index contributed by atoms with van der Waals surface area (Å²) >= 11 is 0. The van der Waals surface area contributed by atoms with Gasteiger partial charge in [-0.05, 0) is 71.0 Å². The van der Waals surface area contributed by atoms with Crippen molar-refractivity contribution in [1.82, 2.24) is 10.2 Å². The van der Waals surface area contributed by atoms with Gasteiger partial charge in [-0.1, -0.05) is 13.3 Å². The van der Waals surface area contributed by atoms with Gasteiger partial charge in [0.2, 0.25) is 0 Å². The third-order valence-corrected chi connectivity index (χ3v) is 4.66. The summed E-state index contributed by atoms with van der Waals surface area (Å²) in [5, 5.41) is 3.64. The Labute approximate surface area is 107 Å². The van der Waals surface area contributed by atoms with E-state index in [0.29, 0.717) is 0 Å². The lowest BCUT2D eigenvalue weighted by atomic mass is 9.98. The van der Waals surface area contributed by atoms with E-state index >= 15 is 0 Å². The summed E-state index contributed by atoms with van der Waals surface area (Å²) in [7, 11) is 0. The fourth-order valence-corrected chi connectivity index (χ4v) is 3.00. The molecule has 2 atom stereocenters. The van der Waals surface area contributed by atoms with E-state index in [2.05, 4.69) is 24.1 Å². The van der Waals surface area contributed by atoms with Crippen LogP contribution in [0.5, 0.6) is 0 Å². The van der Waals surface area contributed by atoms with Crippen LogP contribution in [0.4, 0.5) is 0 Å². The predicted molar refractivity (Wildman–Crippen MR) is 74.3 cm³/mol. The molecule has 0 radical (unpaired) electrons. The molecule has 0 aromatic carbocycles. The van der Waals surface area contributed by atoms with Crippen LogP contribution in [0.1, 0.15) is 58.8 Å². The maximum Gasteiger partial charge on any atom is 0.00790 e. The summed E-state index contributed by atoms with van der Waals surface area (Å²) in [5.74, 6) is 0.997. The summed E-state index contributed by atoms with van der Waals surface area (Å²) in [6.45, 7) is 8.66. The molecule has 1 saturated carbocycles. The summed E-state index contributed by atoms with van der Waals surface area (Å²) in [6.07, 6.45) is 9.83. The fraction of sp³-hybridized carbons (Fsp3) is 1.00. The van der Waals surface area contributed by atoms with E-state index in [4.69, 9.17) is 0 Å². The van der Waals surface area contributed by atoms with Crippen molar-refractivity contribution >= 4 is 0 Å². The Hall–Kier alpha value is -0.0800. The molecule has 1 aliphatic heterocycles. The molecule has 2 fully saturated rings. The van der Waals surface area contributed by atoms with E-state index in [1.807, 2.05) is 0 Å². The van der Waals surface area contributed by atoms with E-state index in [1.165, 1.54) is 64.6 Å². The van der Waals surface area contributed by atoms with Crippen LogP contribution in [0.15, 0.2) is 0 Å². The molecule has 2 nitrogen and oxygen atoms in total. The fourth-order valence-electron chi connectivity index (χ4n) is 3.00. The summed E-state index contributed by atoms with van der Waals surface area (Å²) in [4.78, 5) is 2.73. The molecular formula is C15H30N2. The lowest BCUT2D eigenvalue weighted by molar-refractivity contribution is 0.203. The monoisotopic (exact) mass is 238 g/mol. The number of hydrogen-bond donors (Lipinski definition) is 1. The average molecular weight is 238 g/mol. The second kappa shape index (κ2) is 6.75. The van der Waals surface area contributed by atoms with Crippen molar-refractivity contribution in [2.24, 2.45) is 5.92 Å². The van der Waals surface area contributed by atoms with Gasteiger partial charge in [0.25, 0.3) is 0 Å². The average Bonchev–Trinajstić information content (AvgIpc) is 3.14. The first-order chi connectivity index (χ1) is 8.29. The molecule has 1 saturated heterocycles. The standard InChI is InChI=1S/C15H30N2/c1-3-14-5-4-11-17(12-9-14)13(2)8-10-16-15-6-7-15/h13-16H,3-12H2,1-2H3. The SMILES string of the molecule is CCC1CCCN(C(C)CCNC2CC2)CC1. The van der Waals surface area contributed by atoms with Crippen LogP contribution in [0.2, 0.25) is 0 Å². The highest BCUT2D eigenvalue weighted by molar-refractivity contribution is 4.82. The zero-order valence-corrected chi connectivity index (χ0v) is 11.8. The smallest absolute Gasteiger partial charge is 0.00790 e. The van der Waals surface area contributed by atoms with Crippen molar-refractivity contribution in [3.8, 4) is 0 Å². The number of hydrogen-bond acceptors (Lipinski definition) is 2.